The van der Waals surface area contributed by atoms with Crippen molar-refractivity contribution in [3.05, 3.63) is 39.4 Å². The number of hydrogen-bond acceptors (Lipinski definition) is 5. The second kappa shape index (κ2) is 8.46. The van der Waals surface area contributed by atoms with Gasteiger partial charge in [-0.15, -0.1) is 0 Å². The number of alkyl halides is 3. The molecule has 1 aliphatic heterocycles. The van der Waals surface area contributed by atoms with E-state index in [0.29, 0.717) is 11.3 Å². The third-order valence-electron chi connectivity index (χ3n) is 4.55. The van der Waals surface area contributed by atoms with Crippen molar-refractivity contribution in [2.24, 2.45) is 0 Å². The Morgan fingerprint density at radius 2 is 1.93 bits per heavy atom. The Balaban J connectivity index is 1.92. The van der Waals surface area contributed by atoms with E-state index in [1.165, 1.54) is 9.58 Å². The van der Waals surface area contributed by atoms with Gasteiger partial charge in [-0.2, -0.15) is 13.2 Å². The average Bonchev–Trinajstić information content (AvgIpc) is 2.61. The van der Waals surface area contributed by atoms with Crippen LogP contribution in [0.4, 0.5) is 18.0 Å². The highest BCUT2D eigenvalue weighted by Gasteiger charge is 2.32. The van der Waals surface area contributed by atoms with Crippen LogP contribution in [0.2, 0.25) is 5.02 Å². The van der Waals surface area contributed by atoms with E-state index in [1.807, 2.05) is 0 Å². The summed E-state index contributed by atoms with van der Waals surface area (Å²) in [7, 11) is 0. The number of aromatic nitrogens is 2. The Morgan fingerprint density at radius 1 is 1.24 bits per heavy atom. The normalized spacial score (nSPS) is 15.7. The van der Waals surface area contributed by atoms with Crippen LogP contribution in [-0.2, 0) is 6.42 Å². The van der Waals surface area contributed by atoms with Gasteiger partial charge in [0.15, 0.2) is 0 Å². The lowest BCUT2D eigenvalue weighted by Gasteiger charge is -2.37. The fourth-order valence-electron chi connectivity index (χ4n) is 3.31. The van der Waals surface area contributed by atoms with Crippen LogP contribution in [-0.4, -0.2) is 71.2 Å². The molecule has 0 unspecified atom stereocenters. The first-order chi connectivity index (χ1) is 13.7. The number of piperazine rings is 1. The van der Waals surface area contributed by atoms with Gasteiger partial charge in [-0.05, 0) is 12.1 Å². The van der Waals surface area contributed by atoms with Crippen LogP contribution in [0.3, 0.4) is 0 Å². The van der Waals surface area contributed by atoms with E-state index in [-0.39, 0.29) is 49.6 Å². The summed E-state index contributed by atoms with van der Waals surface area (Å²) in [6.07, 6.45) is -5.36. The van der Waals surface area contributed by atoms with Crippen LogP contribution < -0.4 is 15.9 Å². The topological polar surface area (TPSA) is 90.7 Å². The molecule has 2 N–H and O–H groups in total. The van der Waals surface area contributed by atoms with Crippen molar-refractivity contribution in [2.45, 2.75) is 12.6 Å². The van der Waals surface area contributed by atoms with Gasteiger partial charge in [0.1, 0.15) is 5.82 Å². The number of nitrogens with zero attached hydrogens (tertiary/aromatic N) is 4. The summed E-state index contributed by atoms with van der Waals surface area (Å²) >= 11 is 6.17. The van der Waals surface area contributed by atoms with Crippen molar-refractivity contribution in [3.63, 3.8) is 0 Å². The van der Waals surface area contributed by atoms with Gasteiger partial charge < -0.3 is 15.4 Å². The predicted octanol–water partition coefficient (Wildman–Crippen LogP) is 1.68. The minimum atomic E-state index is -4.29. The minimum absolute atomic E-state index is 0.0296. The van der Waals surface area contributed by atoms with Gasteiger partial charge in [-0.3, -0.25) is 9.69 Å². The Labute approximate surface area is 168 Å². The fourth-order valence-corrected chi connectivity index (χ4v) is 3.56. The van der Waals surface area contributed by atoms with Gasteiger partial charge in [-0.25, -0.2) is 14.5 Å². The maximum absolute atomic E-state index is 13.1. The van der Waals surface area contributed by atoms with E-state index < -0.39 is 24.4 Å². The first-order valence-corrected chi connectivity index (χ1v) is 9.25. The molecule has 0 bridgehead atoms. The van der Waals surface area contributed by atoms with E-state index >= 15 is 0 Å². The summed E-state index contributed by atoms with van der Waals surface area (Å²) in [6.45, 7) is -0.354. The first kappa shape index (κ1) is 21.2. The van der Waals surface area contributed by atoms with Crippen molar-refractivity contribution in [2.75, 3.05) is 44.3 Å². The highest BCUT2D eigenvalue weighted by molar-refractivity contribution is 6.35. The number of halogens is 4. The van der Waals surface area contributed by atoms with Crippen molar-refractivity contribution in [1.29, 1.82) is 0 Å². The fraction of sp³-hybridized carbons (Fsp3) is 0.471. The van der Waals surface area contributed by atoms with E-state index in [2.05, 4.69) is 10.3 Å². The summed E-state index contributed by atoms with van der Waals surface area (Å²) in [5.74, 6) is 0.308. The van der Waals surface area contributed by atoms with Crippen molar-refractivity contribution < 1.29 is 23.1 Å². The second-order valence-electron chi connectivity index (χ2n) is 6.61. The van der Waals surface area contributed by atoms with Gasteiger partial charge in [0.05, 0.1) is 22.5 Å². The molecule has 1 aliphatic rings. The molecule has 29 heavy (non-hydrogen) atoms. The van der Waals surface area contributed by atoms with Crippen molar-refractivity contribution >= 4 is 28.6 Å². The van der Waals surface area contributed by atoms with Crippen molar-refractivity contribution in [3.8, 4) is 0 Å². The monoisotopic (exact) mass is 433 g/mol. The quantitative estimate of drug-likeness (QED) is 0.745. The maximum Gasteiger partial charge on any atom is 0.404 e. The summed E-state index contributed by atoms with van der Waals surface area (Å²) in [5.41, 5.74) is -0.0602. The highest BCUT2D eigenvalue weighted by atomic mass is 35.5. The number of hydrogen-bond donors (Lipinski definition) is 2. The number of rotatable bonds is 5. The van der Waals surface area contributed by atoms with E-state index in [1.54, 1.807) is 23.2 Å². The molecule has 158 valence electrons. The van der Waals surface area contributed by atoms with Crippen LogP contribution in [0.5, 0.6) is 0 Å². The number of carboxylic acid groups (broad SMARTS) is 1. The minimum Gasteiger partial charge on any atom is -0.465 e. The van der Waals surface area contributed by atoms with E-state index in [4.69, 9.17) is 16.7 Å². The number of carbonyl (C=O) groups is 1. The molecular formula is C17H19ClF3N5O3. The molecule has 1 aromatic heterocycles. The molecule has 0 aliphatic carbocycles. The number of amides is 1. The molecule has 8 nitrogen and oxygen atoms in total. The summed E-state index contributed by atoms with van der Waals surface area (Å²) in [5, 5.41) is 13.0. The second-order valence-corrected chi connectivity index (χ2v) is 7.01. The molecule has 1 fully saturated rings. The SMILES string of the molecule is O=C(O)NCCc1nc2cccc(Cl)c2c(=O)n1N1CCN(CC(F)(F)F)CC1. The van der Waals surface area contributed by atoms with Gasteiger partial charge in [0, 0.05) is 39.1 Å². The van der Waals surface area contributed by atoms with Crippen LogP contribution >= 0.6 is 11.6 Å². The van der Waals surface area contributed by atoms with Crippen LogP contribution in [0.1, 0.15) is 5.82 Å². The molecule has 1 saturated heterocycles. The predicted molar refractivity (Wildman–Crippen MR) is 101 cm³/mol. The molecule has 2 aromatic rings. The zero-order valence-electron chi connectivity index (χ0n) is 15.2. The lowest BCUT2D eigenvalue weighted by molar-refractivity contribution is -0.146. The Hall–Kier alpha value is -2.53. The van der Waals surface area contributed by atoms with Crippen LogP contribution in [0.15, 0.2) is 23.0 Å². The zero-order valence-corrected chi connectivity index (χ0v) is 16.0. The zero-order chi connectivity index (χ0) is 21.2. The summed E-state index contributed by atoms with van der Waals surface area (Å²) in [4.78, 5) is 29.6. The van der Waals surface area contributed by atoms with Gasteiger partial charge in [0.2, 0.25) is 0 Å². The van der Waals surface area contributed by atoms with E-state index in [9.17, 15) is 22.8 Å². The van der Waals surface area contributed by atoms with Gasteiger partial charge in [-0.1, -0.05) is 17.7 Å². The number of nitrogens with one attached hydrogen (secondary N) is 1. The van der Waals surface area contributed by atoms with Crippen molar-refractivity contribution in [1.82, 2.24) is 19.9 Å². The molecule has 0 atom stereocenters. The van der Waals surface area contributed by atoms with Gasteiger partial charge in [0.25, 0.3) is 5.56 Å². The summed E-state index contributed by atoms with van der Waals surface area (Å²) < 4.78 is 39.2. The van der Waals surface area contributed by atoms with Gasteiger partial charge >= 0.3 is 12.3 Å². The Bertz CT molecular complexity index is 958. The molecule has 0 radical (unpaired) electrons. The maximum atomic E-state index is 13.1. The smallest absolute Gasteiger partial charge is 0.404 e. The molecule has 1 aromatic carbocycles. The molecular weight excluding hydrogens is 415 g/mol. The van der Waals surface area contributed by atoms with E-state index in [0.717, 1.165) is 0 Å². The molecule has 2 heterocycles. The largest absolute Gasteiger partial charge is 0.465 e. The third kappa shape index (κ3) is 5.10. The third-order valence-corrected chi connectivity index (χ3v) is 4.87. The first-order valence-electron chi connectivity index (χ1n) is 8.87. The lowest BCUT2D eigenvalue weighted by Crippen LogP contribution is -2.56. The number of benzene rings is 1. The highest BCUT2D eigenvalue weighted by Crippen LogP contribution is 2.20. The lowest BCUT2D eigenvalue weighted by atomic mass is 10.2. The Kier molecular flexibility index (Phi) is 6.18. The molecule has 0 spiro atoms. The average molecular weight is 434 g/mol. The molecule has 3 rings (SSSR count). The molecule has 0 saturated carbocycles. The van der Waals surface area contributed by atoms with Crippen LogP contribution in [0.25, 0.3) is 10.9 Å². The molecule has 1 amide bonds. The van der Waals surface area contributed by atoms with Crippen LogP contribution in [0, 0.1) is 0 Å². The summed E-state index contributed by atoms with van der Waals surface area (Å²) in [6, 6.07) is 4.84. The standard InChI is InChI=1S/C17H19ClF3N5O3/c18-11-2-1-3-12-14(11)15(27)26(13(23-12)4-5-22-16(28)29)25-8-6-24(7-9-25)10-17(19,20)21/h1-3,22H,4-10H2,(H,28,29). The number of fused-ring (bicyclic) bond motifs is 1. The molecule has 12 heteroatoms. The Morgan fingerprint density at radius 3 is 2.55 bits per heavy atom.